The maximum absolute atomic E-state index is 13.7. The Morgan fingerprint density at radius 3 is 1.52 bits per heavy atom. The molecule has 1 aliphatic heterocycles. The van der Waals surface area contributed by atoms with Gasteiger partial charge in [-0.05, 0) is 24.0 Å². The number of rotatable bonds is 3. The Hall–Kier alpha value is -2.68. The van der Waals surface area contributed by atoms with Crippen molar-refractivity contribution in [3.05, 3.63) is 83.9 Å². The van der Waals surface area contributed by atoms with Gasteiger partial charge in [0.05, 0.1) is 11.8 Å². The van der Waals surface area contributed by atoms with Gasteiger partial charge < -0.3 is 0 Å². The molecule has 2 aromatic rings. The quantitative estimate of drug-likeness (QED) is 0.547. The number of likely N-dealkylation sites (tertiary alicyclic amines) is 1. The second-order valence-electron chi connectivity index (χ2n) is 8.65. The molecule has 1 heterocycles. The third kappa shape index (κ3) is 3.13. The van der Waals surface area contributed by atoms with E-state index in [0.717, 1.165) is 36.8 Å². The maximum atomic E-state index is 13.7. The second-order valence-corrected chi connectivity index (χ2v) is 8.65. The lowest BCUT2D eigenvalue weighted by Crippen LogP contribution is -2.42. The number of amides is 2. The molecular formula is C26H27NO2. The van der Waals surface area contributed by atoms with Crippen molar-refractivity contribution in [1.29, 1.82) is 0 Å². The molecule has 148 valence electrons. The van der Waals surface area contributed by atoms with Crippen LogP contribution in [0.1, 0.15) is 55.1 Å². The third-order valence-corrected chi connectivity index (χ3v) is 7.04. The number of benzene rings is 2. The highest BCUT2D eigenvalue weighted by molar-refractivity contribution is 6.07. The lowest BCUT2D eigenvalue weighted by Gasteiger charge is -2.32. The number of hydrogen-bond donors (Lipinski definition) is 0. The summed E-state index contributed by atoms with van der Waals surface area (Å²) in [6.45, 7) is 0. The summed E-state index contributed by atoms with van der Waals surface area (Å²) >= 11 is 0. The number of imide groups is 1. The zero-order chi connectivity index (χ0) is 19.8. The minimum Gasteiger partial charge on any atom is -0.279 e. The van der Waals surface area contributed by atoms with Crippen molar-refractivity contribution in [2.24, 2.45) is 11.8 Å². The Labute approximate surface area is 172 Å². The molecule has 1 saturated heterocycles. The van der Waals surface area contributed by atoms with E-state index in [1.807, 2.05) is 36.4 Å². The first-order chi connectivity index (χ1) is 14.3. The summed E-state index contributed by atoms with van der Waals surface area (Å²) in [5, 5.41) is 0. The SMILES string of the molecule is O=C1[C@@H]2[C@H](C(=O)N1C1CCCCC1)[C@H](c1ccccc1)C=C[C@@H]2c1ccccc1. The van der Waals surface area contributed by atoms with Crippen molar-refractivity contribution < 1.29 is 9.59 Å². The first-order valence-electron chi connectivity index (χ1n) is 10.9. The molecule has 2 fully saturated rings. The molecule has 2 aliphatic carbocycles. The normalized spacial score (nSPS) is 29.9. The fourth-order valence-corrected chi connectivity index (χ4v) is 5.66. The molecule has 0 spiro atoms. The summed E-state index contributed by atoms with van der Waals surface area (Å²) < 4.78 is 0. The minimum atomic E-state index is -0.304. The van der Waals surface area contributed by atoms with Crippen LogP contribution in [-0.2, 0) is 9.59 Å². The average Bonchev–Trinajstić information content (AvgIpc) is 3.06. The van der Waals surface area contributed by atoms with Crippen LogP contribution >= 0.6 is 0 Å². The fraction of sp³-hybridized carbons (Fsp3) is 0.385. The Balaban J connectivity index is 1.58. The van der Waals surface area contributed by atoms with E-state index in [1.165, 1.54) is 6.42 Å². The minimum absolute atomic E-state index is 0.0359. The molecule has 0 unspecified atom stereocenters. The number of hydrogen-bond acceptors (Lipinski definition) is 2. The Kier molecular flexibility index (Phi) is 4.83. The molecule has 29 heavy (non-hydrogen) atoms. The van der Waals surface area contributed by atoms with E-state index in [1.54, 1.807) is 4.90 Å². The van der Waals surface area contributed by atoms with E-state index in [9.17, 15) is 9.59 Å². The van der Waals surface area contributed by atoms with E-state index < -0.39 is 0 Å². The topological polar surface area (TPSA) is 37.4 Å². The van der Waals surface area contributed by atoms with E-state index in [-0.39, 0.29) is 41.5 Å². The molecule has 4 atom stereocenters. The standard InChI is InChI=1S/C26H27NO2/c28-25-23-21(18-10-4-1-5-11-18)16-17-22(19-12-6-2-7-13-19)24(23)26(29)27(25)20-14-8-3-9-15-20/h1-2,4-7,10-13,16-17,20-24H,3,8-9,14-15H2/t21-,22+,23+,24-. The van der Waals surface area contributed by atoms with E-state index in [2.05, 4.69) is 36.4 Å². The lowest BCUT2D eigenvalue weighted by molar-refractivity contribution is -0.143. The predicted molar refractivity (Wildman–Crippen MR) is 113 cm³/mol. The van der Waals surface area contributed by atoms with Crippen LogP contribution < -0.4 is 0 Å². The Morgan fingerprint density at radius 2 is 1.07 bits per heavy atom. The van der Waals surface area contributed by atoms with Crippen LogP contribution in [0.15, 0.2) is 72.8 Å². The molecule has 5 rings (SSSR count). The smallest absolute Gasteiger partial charge is 0.234 e. The summed E-state index contributed by atoms with van der Waals surface area (Å²) in [4.78, 5) is 29.0. The molecule has 3 heteroatoms. The van der Waals surface area contributed by atoms with Crippen molar-refractivity contribution in [1.82, 2.24) is 4.90 Å². The van der Waals surface area contributed by atoms with Gasteiger partial charge in [0.25, 0.3) is 0 Å². The van der Waals surface area contributed by atoms with Crippen molar-refractivity contribution in [2.75, 3.05) is 0 Å². The largest absolute Gasteiger partial charge is 0.279 e. The van der Waals surface area contributed by atoms with Crippen molar-refractivity contribution in [3.63, 3.8) is 0 Å². The van der Waals surface area contributed by atoms with Crippen LogP contribution in [-0.4, -0.2) is 22.8 Å². The maximum Gasteiger partial charge on any atom is 0.234 e. The zero-order valence-corrected chi connectivity index (χ0v) is 16.6. The molecule has 0 N–H and O–H groups in total. The predicted octanol–water partition coefficient (Wildman–Crippen LogP) is 5.06. The second kappa shape index (κ2) is 7.62. The van der Waals surface area contributed by atoms with Gasteiger partial charge in [0.15, 0.2) is 0 Å². The fourth-order valence-electron chi connectivity index (χ4n) is 5.66. The van der Waals surface area contributed by atoms with E-state index in [0.29, 0.717) is 0 Å². The van der Waals surface area contributed by atoms with Crippen LogP contribution in [0.5, 0.6) is 0 Å². The molecule has 0 aromatic heterocycles. The number of carbonyl (C=O) groups excluding carboxylic acids is 2. The van der Waals surface area contributed by atoms with Crippen molar-refractivity contribution in [3.8, 4) is 0 Å². The summed E-state index contributed by atoms with van der Waals surface area (Å²) in [5.41, 5.74) is 2.24. The molecule has 2 amide bonds. The highest BCUT2D eigenvalue weighted by Crippen LogP contribution is 2.50. The molecular weight excluding hydrogens is 358 g/mol. The zero-order valence-electron chi connectivity index (χ0n) is 16.6. The first-order valence-corrected chi connectivity index (χ1v) is 10.9. The first kappa shape index (κ1) is 18.4. The number of allylic oxidation sites excluding steroid dienone is 2. The summed E-state index contributed by atoms with van der Waals surface area (Å²) in [6, 6.07) is 20.5. The van der Waals surface area contributed by atoms with Crippen molar-refractivity contribution >= 4 is 11.8 Å². The van der Waals surface area contributed by atoms with Gasteiger partial charge in [-0.3, -0.25) is 14.5 Å². The summed E-state index contributed by atoms with van der Waals surface area (Å²) in [5.74, 6) is -0.585. The summed E-state index contributed by atoms with van der Waals surface area (Å²) in [6.07, 6.45) is 9.68. The third-order valence-electron chi connectivity index (χ3n) is 7.04. The van der Waals surface area contributed by atoms with Gasteiger partial charge in [0, 0.05) is 17.9 Å². The number of fused-ring (bicyclic) bond motifs is 1. The highest BCUT2D eigenvalue weighted by atomic mass is 16.2. The summed E-state index contributed by atoms with van der Waals surface area (Å²) in [7, 11) is 0. The Bertz CT molecular complexity index is 847. The van der Waals surface area contributed by atoms with Crippen LogP contribution in [0.25, 0.3) is 0 Å². The number of nitrogens with zero attached hydrogens (tertiary/aromatic N) is 1. The molecule has 2 aromatic carbocycles. The lowest BCUT2D eigenvalue weighted by atomic mass is 9.68. The van der Waals surface area contributed by atoms with Gasteiger partial charge in [0.2, 0.25) is 11.8 Å². The van der Waals surface area contributed by atoms with Gasteiger partial charge in [0.1, 0.15) is 0 Å². The molecule has 3 nitrogen and oxygen atoms in total. The molecule has 0 bridgehead atoms. The van der Waals surface area contributed by atoms with Gasteiger partial charge in [-0.25, -0.2) is 0 Å². The van der Waals surface area contributed by atoms with Crippen LogP contribution in [0.3, 0.4) is 0 Å². The van der Waals surface area contributed by atoms with Gasteiger partial charge in [-0.1, -0.05) is 92.1 Å². The number of carbonyl (C=O) groups is 2. The average molecular weight is 386 g/mol. The van der Waals surface area contributed by atoms with Crippen molar-refractivity contribution in [2.45, 2.75) is 50.0 Å². The monoisotopic (exact) mass is 385 g/mol. The van der Waals surface area contributed by atoms with Crippen LogP contribution in [0.2, 0.25) is 0 Å². The Morgan fingerprint density at radius 1 is 0.621 bits per heavy atom. The van der Waals surface area contributed by atoms with Gasteiger partial charge in [-0.2, -0.15) is 0 Å². The van der Waals surface area contributed by atoms with E-state index >= 15 is 0 Å². The van der Waals surface area contributed by atoms with Gasteiger partial charge >= 0.3 is 0 Å². The van der Waals surface area contributed by atoms with Crippen LogP contribution in [0.4, 0.5) is 0 Å². The molecule has 1 saturated carbocycles. The molecule has 3 aliphatic rings. The van der Waals surface area contributed by atoms with Crippen LogP contribution in [0, 0.1) is 11.8 Å². The highest BCUT2D eigenvalue weighted by Gasteiger charge is 2.56. The van der Waals surface area contributed by atoms with E-state index in [4.69, 9.17) is 0 Å². The molecule has 0 radical (unpaired) electrons. The van der Waals surface area contributed by atoms with Gasteiger partial charge in [-0.15, -0.1) is 0 Å².